The summed E-state index contributed by atoms with van der Waals surface area (Å²) in [6, 6.07) is 5.31. The maximum absolute atomic E-state index is 12.2. The standard InChI is InChI=1S/C15H21NO3/c1-9(2)13(8-14(17)18)16-15(19)12-7-10(3)5-6-11(12)4/h5-7,9,13H,8H2,1-4H3,(H,16,19)(H,17,18). The first-order valence-corrected chi connectivity index (χ1v) is 6.41. The van der Waals surface area contributed by atoms with Gasteiger partial charge in [-0.3, -0.25) is 9.59 Å². The van der Waals surface area contributed by atoms with Gasteiger partial charge in [0.25, 0.3) is 5.91 Å². The van der Waals surface area contributed by atoms with E-state index in [1.54, 1.807) is 0 Å². The zero-order chi connectivity index (χ0) is 14.6. The summed E-state index contributed by atoms with van der Waals surface area (Å²) < 4.78 is 0. The SMILES string of the molecule is Cc1ccc(C)c(C(=O)NC(CC(=O)O)C(C)C)c1. The summed E-state index contributed by atoms with van der Waals surface area (Å²) in [6.07, 6.45) is -0.0612. The van der Waals surface area contributed by atoms with Gasteiger partial charge in [0.15, 0.2) is 0 Å². The van der Waals surface area contributed by atoms with Gasteiger partial charge in [0.1, 0.15) is 0 Å². The van der Waals surface area contributed by atoms with Crippen LogP contribution in [0.25, 0.3) is 0 Å². The molecule has 1 atom stereocenters. The summed E-state index contributed by atoms with van der Waals surface area (Å²) in [5.74, 6) is -1.04. The zero-order valence-electron chi connectivity index (χ0n) is 11.9. The lowest BCUT2D eigenvalue weighted by Gasteiger charge is -2.21. The highest BCUT2D eigenvalue weighted by Gasteiger charge is 2.20. The highest BCUT2D eigenvalue weighted by molar-refractivity contribution is 5.96. The number of hydrogen-bond donors (Lipinski definition) is 2. The van der Waals surface area contributed by atoms with Gasteiger partial charge >= 0.3 is 5.97 Å². The maximum Gasteiger partial charge on any atom is 0.305 e. The number of aryl methyl sites for hydroxylation is 2. The molecule has 0 fully saturated rings. The fourth-order valence-corrected chi connectivity index (χ4v) is 1.87. The molecule has 19 heavy (non-hydrogen) atoms. The molecule has 0 aliphatic heterocycles. The van der Waals surface area contributed by atoms with Crippen molar-refractivity contribution >= 4 is 11.9 Å². The summed E-state index contributed by atoms with van der Waals surface area (Å²) in [5, 5.41) is 11.7. The Balaban J connectivity index is 2.87. The molecule has 1 amide bonds. The van der Waals surface area contributed by atoms with E-state index >= 15 is 0 Å². The average Bonchev–Trinajstić information content (AvgIpc) is 2.30. The fraction of sp³-hybridized carbons (Fsp3) is 0.467. The molecule has 4 nitrogen and oxygen atoms in total. The normalized spacial score (nSPS) is 12.3. The van der Waals surface area contributed by atoms with Crippen LogP contribution in [-0.2, 0) is 4.79 Å². The molecule has 0 heterocycles. The number of carbonyl (C=O) groups excluding carboxylic acids is 1. The Morgan fingerprint density at radius 3 is 2.42 bits per heavy atom. The molecule has 2 N–H and O–H groups in total. The lowest BCUT2D eigenvalue weighted by molar-refractivity contribution is -0.137. The molecule has 4 heteroatoms. The van der Waals surface area contributed by atoms with E-state index in [1.165, 1.54) is 0 Å². The molecule has 1 aromatic rings. The second kappa shape index (κ2) is 6.36. The average molecular weight is 263 g/mol. The van der Waals surface area contributed by atoms with Crippen LogP contribution in [0.1, 0.15) is 41.8 Å². The van der Waals surface area contributed by atoms with Gasteiger partial charge in [-0.05, 0) is 31.4 Å². The van der Waals surface area contributed by atoms with Crippen molar-refractivity contribution < 1.29 is 14.7 Å². The van der Waals surface area contributed by atoms with E-state index in [-0.39, 0.29) is 24.3 Å². The van der Waals surface area contributed by atoms with Crippen molar-refractivity contribution in [3.63, 3.8) is 0 Å². The van der Waals surface area contributed by atoms with Crippen LogP contribution in [0, 0.1) is 19.8 Å². The first-order valence-electron chi connectivity index (χ1n) is 6.41. The minimum absolute atomic E-state index is 0.0612. The summed E-state index contributed by atoms with van der Waals surface area (Å²) in [6.45, 7) is 7.59. The molecule has 0 saturated carbocycles. The van der Waals surface area contributed by atoms with Crippen LogP contribution >= 0.6 is 0 Å². The number of benzene rings is 1. The first kappa shape index (κ1) is 15.2. The zero-order valence-corrected chi connectivity index (χ0v) is 11.9. The molecule has 0 aromatic heterocycles. The molecule has 0 spiro atoms. The van der Waals surface area contributed by atoms with Crippen molar-refractivity contribution in [3.05, 3.63) is 34.9 Å². The Morgan fingerprint density at radius 1 is 1.26 bits per heavy atom. The van der Waals surface area contributed by atoms with Crippen LogP contribution in [0.2, 0.25) is 0 Å². The van der Waals surface area contributed by atoms with Crippen molar-refractivity contribution in [2.24, 2.45) is 5.92 Å². The van der Waals surface area contributed by atoms with Gasteiger partial charge in [-0.15, -0.1) is 0 Å². The Bertz CT molecular complexity index is 480. The lowest BCUT2D eigenvalue weighted by Crippen LogP contribution is -2.40. The van der Waals surface area contributed by atoms with E-state index in [1.807, 2.05) is 45.9 Å². The predicted octanol–water partition coefficient (Wildman–Crippen LogP) is 2.53. The minimum Gasteiger partial charge on any atom is -0.481 e. The van der Waals surface area contributed by atoms with Crippen molar-refractivity contribution in [1.82, 2.24) is 5.32 Å². The molecule has 0 saturated heterocycles. The molecular weight excluding hydrogens is 242 g/mol. The number of rotatable bonds is 5. The molecule has 0 aliphatic rings. The third-order valence-electron chi connectivity index (χ3n) is 3.15. The van der Waals surface area contributed by atoms with Gasteiger partial charge in [0.05, 0.1) is 6.42 Å². The van der Waals surface area contributed by atoms with Gasteiger partial charge in [-0.25, -0.2) is 0 Å². The lowest BCUT2D eigenvalue weighted by atomic mass is 9.99. The van der Waals surface area contributed by atoms with E-state index in [2.05, 4.69) is 5.32 Å². The highest BCUT2D eigenvalue weighted by Crippen LogP contribution is 2.13. The number of nitrogens with one attached hydrogen (secondary N) is 1. The second-order valence-electron chi connectivity index (χ2n) is 5.24. The second-order valence-corrected chi connectivity index (χ2v) is 5.24. The first-order chi connectivity index (χ1) is 8.81. The fourth-order valence-electron chi connectivity index (χ4n) is 1.87. The largest absolute Gasteiger partial charge is 0.481 e. The van der Waals surface area contributed by atoms with Crippen molar-refractivity contribution in [2.45, 2.75) is 40.2 Å². The van der Waals surface area contributed by atoms with Crippen LogP contribution in [0.15, 0.2) is 18.2 Å². The van der Waals surface area contributed by atoms with Crippen LogP contribution in [0.5, 0.6) is 0 Å². The highest BCUT2D eigenvalue weighted by atomic mass is 16.4. The topological polar surface area (TPSA) is 66.4 Å². The van der Waals surface area contributed by atoms with E-state index in [0.717, 1.165) is 11.1 Å². The molecule has 1 rings (SSSR count). The quantitative estimate of drug-likeness (QED) is 0.858. The number of aliphatic carboxylic acids is 1. The van der Waals surface area contributed by atoms with Gasteiger partial charge in [0.2, 0.25) is 0 Å². The van der Waals surface area contributed by atoms with Gasteiger partial charge in [-0.1, -0.05) is 31.5 Å². The van der Waals surface area contributed by atoms with E-state index in [4.69, 9.17) is 5.11 Å². The Morgan fingerprint density at radius 2 is 1.89 bits per heavy atom. The smallest absolute Gasteiger partial charge is 0.305 e. The molecule has 1 aromatic carbocycles. The maximum atomic E-state index is 12.2. The third kappa shape index (κ3) is 4.39. The van der Waals surface area contributed by atoms with Crippen LogP contribution < -0.4 is 5.32 Å². The molecule has 0 bridgehead atoms. The molecule has 0 radical (unpaired) electrons. The molecule has 1 unspecified atom stereocenters. The number of hydrogen-bond acceptors (Lipinski definition) is 2. The predicted molar refractivity (Wildman–Crippen MR) is 74.3 cm³/mol. The Labute approximate surface area is 113 Å². The Hall–Kier alpha value is -1.84. The monoisotopic (exact) mass is 263 g/mol. The Kier molecular flexibility index (Phi) is 5.10. The van der Waals surface area contributed by atoms with Crippen LogP contribution in [0.4, 0.5) is 0 Å². The summed E-state index contributed by atoms with van der Waals surface area (Å²) in [4.78, 5) is 23.0. The molecular formula is C15H21NO3. The van der Waals surface area contributed by atoms with Gasteiger partial charge in [-0.2, -0.15) is 0 Å². The van der Waals surface area contributed by atoms with Crippen molar-refractivity contribution in [1.29, 1.82) is 0 Å². The number of carboxylic acid groups (broad SMARTS) is 1. The van der Waals surface area contributed by atoms with E-state index in [0.29, 0.717) is 5.56 Å². The molecule has 104 valence electrons. The van der Waals surface area contributed by atoms with Crippen LogP contribution in [-0.4, -0.2) is 23.0 Å². The number of amides is 1. The van der Waals surface area contributed by atoms with Crippen molar-refractivity contribution in [3.8, 4) is 0 Å². The van der Waals surface area contributed by atoms with Gasteiger partial charge in [0, 0.05) is 11.6 Å². The summed E-state index contributed by atoms with van der Waals surface area (Å²) >= 11 is 0. The van der Waals surface area contributed by atoms with E-state index in [9.17, 15) is 9.59 Å². The summed E-state index contributed by atoms with van der Waals surface area (Å²) in [7, 11) is 0. The minimum atomic E-state index is -0.903. The van der Waals surface area contributed by atoms with E-state index < -0.39 is 5.97 Å². The van der Waals surface area contributed by atoms with Crippen molar-refractivity contribution in [2.75, 3.05) is 0 Å². The van der Waals surface area contributed by atoms with Crippen LogP contribution in [0.3, 0.4) is 0 Å². The summed E-state index contributed by atoms with van der Waals surface area (Å²) in [5.41, 5.74) is 2.51. The van der Waals surface area contributed by atoms with Gasteiger partial charge < -0.3 is 10.4 Å². The molecule has 0 aliphatic carbocycles. The number of carbonyl (C=O) groups is 2. The third-order valence-corrected chi connectivity index (χ3v) is 3.15. The number of carboxylic acids is 1.